The monoisotopic (exact) mass is 139 g/mol. The van der Waals surface area contributed by atoms with Crippen molar-refractivity contribution in [2.45, 2.75) is 26.7 Å². The second kappa shape index (κ2) is 3.09. The van der Waals surface area contributed by atoms with Gasteiger partial charge >= 0.3 is 0 Å². The van der Waals surface area contributed by atoms with E-state index in [0.29, 0.717) is 5.92 Å². The molecule has 0 bridgehead atoms. The standard InChI is InChI=1S/C9H17N/c1-8(2)7-9-5-4-6-10(9)3/h7-8H,4-6H2,1-3H3/b9-7+. The molecule has 0 spiro atoms. The van der Waals surface area contributed by atoms with Crippen molar-refractivity contribution in [2.75, 3.05) is 13.6 Å². The molecular weight excluding hydrogens is 122 g/mol. The summed E-state index contributed by atoms with van der Waals surface area (Å²) in [4.78, 5) is 2.36. The summed E-state index contributed by atoms with van der Waals surface area (Å²) in [6, 6.07) is 0. The molecule has 10 heavy (non-hydrogen) atoms. The van der Waals surface area contributed by atoms with Crippen LogP contribution in [0.15, 0.2) is 11.8 Å². The summed E-state index contributed by atoms with van der Waals surface area (Å²) >= 11 is 0. The maximum atomic E-state index is 2.37. The Hall–Kier alpha value is -0.460. The number of nitrogens with zero attached hydrogens (tertiary/aromatic N) is 1. The van der Waals surface area contributed by atoms with E-state index in [-0.39, 0.29) is 0 Å². The van der Waals surface area contributed by atoms with Gasteiger partial charge in [0.25, 0.3) is 0 Å². The van der Waals surface area contributed by atoms with Crippen molar-refractivity contribution < 1.29 is 0 Å². The molecule has 0 unspecified atom stereocenters. The van der Waals surface area contributed by atoms with Gasteiger partial charge in [-0.1, -0.05) is 19.9 Å². The zero-order valence-corrected chi connectivity index (χ0v) is 7.22. The predicted molar refractivity (Wildman–Crippen MR) is 44.8 cm³/mol. The highest BCUT2D eigenvalue weighted by Crippen LogP contribution is 2.19. The van der Waals surface area contributed by atoms with Gasteiger partial charge in [0.1, 0.15) is 0 Å². The second-order valence-electron chi connectivity index (χ2n) is 3.43. The molecule has 1 heterocycles. The lowest BCUT2D eigenvalue weighted by atomic mass is 10.1. The van der Waals surface area contributed by atoms with Crippen molar-refractivity contribution in [3.8, 4) is 0 Å². The molecule has 1 rings (SSSR count). The highest BCUT2D eigenvalue weighted by atomic mass is 15.1. The average molecular weight is 139 g/mol. The molecule has 0 N–H and O–H groups in total. The van der Waals surface area contributed by atoms with Gasteiger partial charge in [0.05, 0.1) is 0 Å². The first-order chi connectivity index (χ1) is 4.70. The fourth-order valence-electron chi connectivity index (χ4n) is 1.43. The van der Waals surface area contributed by atoms with Gasteiger partial charge in [0.15, 0.2) is 0 Å². The van der Waals surface area contributed by atoms with Crippen molar-refractivity contribution >= 4 is 0 Å². The third-order valence-electron chi connectivity index (χ3n) is 1.94. The molecule has 0 aromatic heterocycles. The molecule has 1 fully saturated rings. The molecule has 1 aliphatic rings. The Balaban J connectivity index is 2.54. The van der Waals surface area contributed by atoms with Crippen LogP contribution in [0.2, 0.25) is 0 Å². The summed E-state index contributed by atoms with van der Waals surface area (Å²) in [6.07, 6.45) is 5.00. The Morgan fingerprint density at radius 1 is 1.50 bits per heavy atom. The summed E-state index contributed by atoms with van der Waals surface area (Å²) in [6.45, 7) is 5.72. The minimum absolute atomic E-state index is 0.704. The van der Waals surface area contributed by atoms with E-state index in [2.05, 4.69) is 31.9 Å². The first kappa shape index (κ1) is 7.64. The predicted octanol–water partition coefficient (Wildman–Crippen LogP) is 2.25. The molecule has 1 heteroatoms. The smallest absolute Gasteiger partial charge is 0.0175 e. The average Bonchev–Trinajstić information content (AvgIpc) is 2.15. The van der Waals surface area contributed by atoms with Gasteiger partial charge in [-0.3, -0.25) is 0 Å². The topological polar surface area (TPSA) is 3.24 Å². The van der Waals surface area contributed by atoms with Crippen LogP contribution in [-0.4, -0.2) is 18.5 Å². The minimum atomic E-state index is 0.704. The highest BCUT2D eigenvalue weighted by molar-refractivity contribution is 5.05. The molecule has 0 radical (unpaired) electrons. The van der Waals surface area contributed by atoms with Crippen molar-refractivity contribution in [3.05, 3.63) is 11.8 Å². The zero-order chi connectivity index (χ0) is 7.56. The van der Waals surface area contributed by atoms with Crippen LogP contribution in [0.3, 0.4) is 0 Å². The highest BCUT2D eigenvalue weighted by Gasteiger charge is 2.11. The molecule has 0 aliphatic carbocycles. The molecule has 1 saturated heterocycles. The van der Waals surface area contributed by atoms with E-state index in [9.17, 15) is 0 Å². The summed E-state index contributed by atoms with van der Waals surface area (Å²) in [5.74, 6) is 0.704. The molecule has 0 aromatic carbocycles. The zero-order valence-electron chi connectivity index (χ0n) is 7.22. The number of hydrogen-bond acceptors (Lipinski definition) is 1. The number of allylic oxidation sites excluding steroid dienone is 2. The molecule has 58 valence electrons. The van der Waals surface area contributed by atoms with E-state index in [4.69, 9.17) is 0 Å². The van der Waals surface area contributed by atoms with Crippen molar-refractivity contribution in [3.63, 3.8) is 0 Å². The molecule has 1 nitrogen and oxygen atoms in total. The van der Waals surface area contributed by atoms with E-state index in [1.807, 2.05) is 0 Å². The molecule has 0 saturated carbocycles. The minimum Gasteiger partial charge on any atom is -0.378 e. The lowest BCUT2D eigenvalue weighted by Gasteiger charge is -2.13. The number of likely N-dealkylation sites (tertiary alicyclic amines) is 1. The lowest BCUT2D eigenvalue weighted by molar-refractivity contribution is 0.476. The van der Waals surface area contributed by atoms with Gasteiger partial charge in [0, 0.05) is 19.3 Å². The third-order valence-corrected chi connectivity index (χ3v) is 1.94. The van der Waals surface area contributed by atoms with E-state index in [0.717, 1.165) is 0 Å². The first-order valence-electron chi connectivity index (χ1n) is 4.12. The van der Waals surface area contributed by atoms with Gasteiger partial charge in [-0.15, -0.1) is 0 Å². The van der Waals surface area contributed by atoms with Crippen LogP contribution in [0.25, 0.3) is 0 Å². The fourth-order valence-corrected chi connectivity index (χ4v) is 1.43. The van der Waals surface area contributed by atoms with Gasteiger partial charge < -0.3 is 4.90 Å². The van der Waals surface area contributed by atoms with Gasteiger partial charge in [-0.25, -0.2) is 0 Å². The Morgan fingerprint density at radius 3 is 2.60 bits per heavy atom. The largest absolute Gasteiger partial charge is 0.378 e. The van der Waals surface area contributed by atoms with E-state index in [1.54, 1.807) is 0 Å². The van der Waals surface area contributed by atoms with E-state index < -0.39 is 0 Å². The SMILES string of the molecule is CC(C)/C=C1\CCCN1C. The summed E-state index contributed by atoms with van der Waals surface area (Å²) in [7, 11) is 2.18. The van der Waals surface area contributed by atoms with Gasteiger partial charge in [0.2, 0.25) is 0 Å². The third kappa shape index (κ3) is 1.76. The van der Waals surface area contributed by atoms with Gasteiger partial charge in [-0.2, -0.15) is 0 Å². The van der Waals surface area contributed by atoms with Crippen LogP contribution in [-0.2, 0) is 0 Å². The van der Waals surface area contributed by atoms with Crippen LogP contribution in [0.1, 0.15) is 26.7 Å². The first-order valence-corrected chi connectivity index (χ1v) is 4.12. The molecule has 1 aliphatic heterocycles. The Morgan fingerprint density at radius 2 is 2.20 bits per heavy atom. The van der Waals surface area contributed by atoms with Gasteiger partial charge in [-0.05, 0) is 18.8 Å². The summed E-state index contributed by atoms with van der Waals surface area (Å²) < 4.78 is 0. The van der Waals surface area contributed by atoms with Crippen LogP contribution in [0, 0.1) is 5.92 Å². The van der Waals surface area contributed by atoms with Crippen LogP contribution >= 0.6 is 0 Å². The van der Waals surface area contributed by atoms with E-state index >= 15 is 0 Å². The normalized spacial score (nSPS) is 23.2. The Bertz CT molecular complexity index is 136. The van der Waals surface area contributed by atoms with Crippen molar-refractivity contribution in [2.24, 2.45) is 5.92 Å². The summed E-state index contributed by atoms with van der Waals surface area (Å²) in [5.41, 5.74) is 1.54. The number of rotatable bonds is 1. The molecule has 0 aromatic rings. The lowest BCUT2D eigenvalue weighted by Crippen LogP contribution is -2.10. The van der Waals surface area contributed by atoms with Crippen LogP contribution < -0.4 is 0 Å². The molecular formula is C9H17N. The number of hydrogen-bond donors (Lipinski definition) is 0. The van der Waals surface area contributed by atoms with Crippen LogP contribution in [0.5, 0.6) is 0 Å². The van der Waals surface area contributed by atoms with Crippen molar-refractivity contribution in [1.82, 2.24) is 4.90 Å². The van der Waals surface area contributed by atoms with E-state index in [1.165, 1.54) is 25.1 Å². The molecule has 0 atom stereocenters. The summed E-state index contributed by atoms with van der Waals surface area (Å²) in [5, 5.41) is 0. The Kier molecular flexibility index (Phi) is 2.36. The molecule has 0 amide bonds. The van der Waals surface area contributed by atoms with Crippen LogP contribution in [0.4, 0.5) is 0 Å². The second-order valence-corrected chi connectivity index (χ2v) is 3.43. The quantitative estimate of drug-likeness (QED) is 0.538. The maximum Gasteiger partial charge on any atom is 0.0175 e. The van der Waals surface area contributed by atoms with Crippen molar-refractivity contribution in [1.29, 1.82) is 0 Å². The fraction of sp³-hybridized carbons (Fsp3) is 0.778. The Labute approximate surface area is 63.7 Å². The maximum absolute atomic E-state index is 2.37.